The topological polar surface area (TPSA) is 48.5 Å². The van der Waals surface area contributed by atoms with Gasteiger partial charge in [0.15, 0.2) is 11.6 Å². The molecule has 124 valence electrons. The van der Waals surface area contributed by atoms with Gasteiger partial charge >= 0.3 is 0 Å². The SMILES string of the molecule is O=C(N1CCN(c2ncccc2F)CC1)[C@]12CCC[C@H]1CNC2. The Bertz CT molecular complexity index is 590. The minimum atomic E-state index is -0.290. The Balaban J connectivity index is 1.44. The van der Waals surface area contributed by atoms with Crippen molar-refractivity contribution < 1.29 is 9.18 Å². The summed E-state index contributed by atoms with van der Waals surface area (Å²) >= 11 is 0. The molecular formula is C17H23FN4O. The first-order valence-corrected chi connectivity index (χ1v) is 8.56. The van der Waals surface area contributed by atoms with E-state index in [0.717, 1.165) is 32.4 Å². The third kappa shape index (κ3) is 2.40. The van der Waals surface area contributed by atoms with Crippen LogP contribution in [0.1, 0.15) is 19.3 Å². The van der Waals surface area contributed by atoms with Crippen molar-refractivity contribution in [2.75, 3.05) is 44.2 Å². The molecule has 0 spiro atoms. The van der Waals surface area contributed by atoms with Crippen molar-refractivity contribution in [1.82, 2.24) is 15.2 Å². The molecule has 5 nitrogen and oxygen atoms in total. The highest BCUT2D eigenvalue weighted by Crippen LogP contribution is 2.47. The molecule has 3 fully saturated rings. The van der Waals surface area contributed by atoms with E-state index in [0.29, 0.717) is 43.8 Å². The summed E-state index contributed by atoms with van der Waals surface area (Å²) in [5.41, 5.74) is -0.168. The van der Waals surface area contributed by atoms with Crippen LogP contribution in [0.15, 0.2) is 18.3 Å². The second-order valence-corrected chi connectivity index (χ2v) is 6.96. The van der Waals surface area contributed by atoms with Gasteiger partial charge in [0.05, 0.1) is 5.41 Å². The standard InChI is InChI=1S/C17H23FN4O/c18-14-4-2-6-20-15(14)21-7-9-22(10-8-21)16(23)17-5-1-3-13(17)11-19-12-17/h2,4,6,13,19H,1,3,5,7-12H2/t13-,17-/m0/s1. The lowest BCUT2D eigenvalue weighted by atomic mass is 9.79. The Morgan fingerprint density at radius 2 is 2.17 bits per heavy atom. The minimum absolute atomic E-state index is 0.168. The van der Waals surface area contributed by atoms with Crippen molar-refractivity contribution >= 4 is 11.7 Å². The number of rotatable bonds is 2. The molecule has 1 saturated carbocycles. The van der Waals surface area contributed by atoms with Crippen molar-refractivity contribution in [3.05, 3.63) is 24.1 Å². The van der Waals surface area contributed by atoms with E-state index >= 15 is 0 Å². The molecule has 1 aliphatic carbocycles. The lowest BCUT2D eigenvalue weighted by Crippen LogP contribution is -2.54. The van der Waals surface area contributed by atoms with Crippen LogP contribution in [0, 0.1) is 17.2 Å². The number of halogens is 1. The Hall–Kier alpha value is -1.69. The molecule has 0 unspecified atom stereocenters. The number of carbonyl (C=O) groups excluding carboxylic acids is 1. The van der Waals surface area contributed by atoms with Crippen LogP contribution in [0.2, 0.25) is 0 Å². The van der Waals surface area contributed by atoms with E-state index < -0.39 is 0 Å². The molecular weight excluding hydrogens is 295 g/mol. The van der Waals surface area contributed by atoms with E-state index in [2.05, 4.69) is 10.3 Å². The summed E-state index contributed by atoms with van der Waals surface area (Å²) in [6.45, 7) is 4.41. The van der Waals surface area contributed by atoms with Crippen molar-refractivity contribution in [3.63, 3.8) is 0 Å². The van der Waals surface area contributed by atoms with Crippen LogP contribution in [0.4, 0.5) is 10.2 Å². The molecule has 1 aromatic heterocycles. The first-order chi connectivity index (χ1) is 11.2. The van der Waals surface area contributed by atoms with E-state index in [1.54, 1.807) is 12.3 Å². The van der Waals surface area contributed by atoms with Gasteiger partial charge in [-0.15, -0.1) is 0 Å². The van der Waals surface area contributed by atoms with Gasteiger partial charge in [0.25, 0.3) is 0 Å². The van der Waals surface area contributed by atoms with E-state index in [4.69, 9.17) is 0 Å². The fourth-order valence-corrected chi connectivity index (χ4v) is 4.55. The molecule has 0 radical (unpaired) electrons. The highest BCUT2D eigenvalue weighted by molar-refractivity contribution is 5.84. The summed E-state index contributed by atoms with van der Waals surface area (Å²) < 4.78 is 13.9. The maximum Gasteiger partial charge on any atom is 0.230 e. The Morgan fingerprint density at radius 3 is 2.96 bits per heavy atom. The van der Waals surface area contributed by atoms with Gasteiger partial charge < -0.3 is 15.1 Å². The smallest absolute Gasteiger partial charge is 0.230 e. The molecule has 3 heterocycles. The molecule has 2 aliphatic heterocycles. The average Bonchev–Trinajstić information content (AvgIpc) is 3.15. The van der Waals surface area contributed by atoms with E-state index in [9.17, 15) is 9.18 Å². The number of aromatic nitrogens is 1. The first-order valence-electron chi connectivity index (χ1n) is 8.56. The molecule has 0 aromatic carbocycles. The number of anilines is 1. The highest BCUT2D eigenvalue weighted by Gasteiger charge is 2.53. The lowest BCUT2D eigenvalue weighted by Gasteiger charge is -2.40. The molecule has 23 heavy (non-hydrogen) atoms. The van der Waals surface area contributed by atoms with Crippen LogP contribution in [0.25, 0.3) is 0 Å². The number of piperazine rings is 1. The fourth-order valence-electron chi connectivity index (χ4n) is 4.55. The Kier molecular flexibility index (Phi) is 3.71. The van der Waals surface area contributed by atoms with Crippen LogP contribution in [0.5, 0.6) is 0 Å². The molecule has 6 heteroatoms. The molecule has 0 bridgehead atoms. The van der Waals surface area contributed by atoms with Gasteiger partial charge in [0.2, 0.25) is 5.91 Å². The number of hydrogen-bond donors (Lipinski definition) is 1. The lowest BCUT2D eigenvalue weighted by molar-refractivity contribution is -0.142. The molecule has 3 aliphatic rings. The van der Waals surface area contributed by atoms with Gasteiger partial charge in [-0.25, -0.2) is 9.37 Å². The number of nitrogens with one attached hydrogen (secondary N) is 1. The van der Waals surface area contributed by atoms with Gasteiger partial charge in [-0.1, -0.05) is 6.42 Å². The number of fused-ring (bicyclic) bond motifs is 1. The zero-order chi connectivity index (χ0) is 15.9. The van der Waals surface area contributed by atoms with Gasteiger partial charge in [-0.2, -0.15) is 0 Å². The van der Waals surface area contributed by atoms with Crippen molar-refractivity contribution in [3.8, 4) is 0 Å². The average molecular weight is 318 g/mol. The second kappa shape index (κ2) is 5.74. The highest BCUT2D eigenvalue weighted by atomic mass is 19.1. The molecule has 2 atom stereocenters. The van der Waals surface area contributed by atoms with Gasteiger partial charge in [-0.05, 0) is 37.4 Å². The van der Waals surface area contributed by atoms with Crippen LogP contribution in [0.3, 0.4) is 0 Å². The first kappa shape index (κ1) is 14.9. The number of nitrogens with zero attached hydrogens (tertiary/aromatic N) is 3. The van der Waals surface area contributed by atoms with Crippen molar-refractivity contribution in [2.24, 2.45) is 11.3 Å². The molecule has 1 amide bonds. The minimum Gasteiger partial charge on any atom is -0.351 e. The summed E-state index contributed by atoms with van der Waals surface area (Å²) in [7, 11) is 0. The van der Waals surface area contributed by atoms with Crippen molar-refractivity contribution in [1.29, 1.82) is 0 Å². The third-order valence-corrected chi connectivity index (χ3v) is 5.82. The molecule has 1 N–H and O–H groups in total. The van der Waals surface area contributed by atoms with Gasteiger partial charge in [0, 0.05) is 38.9 Å². The van der Waals surface area contributed by atoms with E-state index in [1.807, 2.05) is 9.80 Å². The Labute approximate surface area is 135 Å². The fraction of sp³-hybridized carbons (Fsp3) is 0.647. The quantitative estimate of drug-likeness (QED) is 0.892. The van der Waals surface area contributed by atoms with Crippen LogP contribution >= 0.6 is 0 Å². The predicted octanol–water partition coefficient (Wildman–Crippen LogP) is 1.26. The number of amides is 1. The van der Waals surface area contributed by atoms with E-state index in [1.165, 1.54) is 6.07 Å². The summed E-state index contributed by atoms with van der Waals surface area (Å²) in [6, 6.07) is 3.04. The molecule has 4 rings (SSSR count). The third-order valence-electron chi connectivity index (χ3n) is 5.82. The Morgan fingerprint density at radius 1 is 1.35 bits per heavy atom. The van der Waals surface area contributed by atoms with Crippen LogP contribution < -0.4 is 10.2 Å². The van der Waals surface area contributed by atoms with Crippen LogP contribution in [-0.4, -0.2) is 55.1 Å². The summed E-state index contributed by atoms with van der Waals surface area (Å²) in [5, 5.41) is 3.41. The number of hydrogen-bond acceptors (Lipinski definition) is 4. The maximum atomic E-state index is 13.9. The zero-order valence-electron chi connectivity index (χ0n) is 13.3. The predicted molar refractivity (Wildman–Crippen MR) is 85.6 cm³/mol. The largest absolute Gasteiger partial charge is 0.351 e. The number of carbonyl (C=O) groups is 1. The second-order valence-electron chi connectivity index (χ2n) is 6.96. The van der Waals surface area contributed by atoms with Gasteiger partial charge in [0.1, 0.15) is 0 Å². The van der Waals surface area contributed by atoms with Crippen LogP contribution in [-0.2, 0) is 4.79 Å². The zero-order valence-corrected chi connectivity index (χ0v) is 13.3. The van der Waals surface area contributed by atoms with E-state index in [-0.39, 0.29) is 11.2 Å². The monoisotopic (exact) mass is 318 g/mol. The summed E-state index contributed by atoms with van der Waals surface area (Å²) in [5.74, 6) is 0.924. The molecule has 1 aromatic rings. The van der Waals surface area contributed by atoms with Gasteiger partial charge in [-0.3, -0.25) is 4.79 Å². The van der Waals surface area contributed by atoms with Crippen molar-refractivity contribution in [2.45, 2.75) is 19.3 Å². The summed E-state index contributed by atoms with van der Waals surface area (Å²) in [6.07, 6.45) is 4.95. The normalized spacial score (nSPS) is 30.6. The molecule has 2 saturated heterocycles. The summed E-state index contributed by atoms with van der Waals surface area (Å²) in [4.78, 5) is 21.2. The maximum absolute atomic E-state index is 13.9. The number of pyridine rings is 1.